The van der Waals surface area contributed by atoms with E-state index in [2.05, 4.69) is 0 Å². The third-order valence-electron chi connectivity index (χ3n) is 2.51. The van der Waals surface area contributed by atoms with Crippen molar-refractivity contribution in [1.29, 1.82) is 0 Å². The Hall–Kier alpha value is 1.78. The molecule has 0 aromatic rings. The summed E-state index contributed by atoms with van der Waals surface area (Å²) >= 11 is 0. The Kier molecular flexibility index (Phi) is 32.2. The van der Waals surface area contributed by atoms with Crippen LogP contribution in [0, 0.1) is 0 Å². The van der Waals surface area contributed by atoms with Crippen LogP contribution >= 0.6 is 0 Å². The minimum atomic E-state index is -2.97. The maximum Gasteiger partial charge on any atom is 2.00 e. The second-order valence-corrected chi connectivity index (χ2v) is 4.83. The molecule has 0 aromatic heterocycles. The minimum Gasteiger partial charge on any atom is -1.00 e. The molecule has 0 saturated heterocycles. The van der Waals surface area contributed by atoms with Gasteiger partial charge < -0.3 is 72.5 Å². The largest absolute Gasteiger partial charge is 2.00 e. The van der Waals surface area contributed by atoms with Crippen molar-refractivity contribution in [2.75, 3.05) is 0 Å². The number of aliphatic hydroxyl groups is 2. The number of hydrogen-bond donors (Lipinski definition) is 2. The molecular weight excluding hydrogens is 528 g/mol. The summed E-state index contributed by atoms with van der Waals surface area (Å²) in [7, 11) is 0. The first-order chi connectivity index (χ1) is 11.6. The minimum absolute atomic E-state index is 0. The van der Waals surface area contributed by atoms with Crippen LogP contribution in [0.5, 0.6) is 0 Å². The average Bonchev–Trinajstić information content (AvgIpc) is 2.34. The molecular formula is C12H12Ca4O14. The van der Waals surface area contributed by atoms with Crippen LogP contribution in [0.25, 0.3) is 0 Å². The summed E-state index contributed by atoms with van der Waals surface area (Å²) in [5.74, 6) is -12.0. The molecule has 0 spiro atoms. The van der Waals surface area contributed by atoms with E-state index in [1.165, 1.54) is 0 Å². The number of rotatable bonds is 10. The zero-order valence-corrected chi connectivity index (χ0v) is 24.3. The Morgan fingerprint density at radius 2 is 0.633 bits per heavy atom. The van der Waals surface area contributed by atoms with Crippen molar-refractivity contribution in [3.8, 4) is 0 Å². The van der Waals surface area contributed by atoms with E-state index in [9.17, 15) is 59.4 Å². The van der Waals surface area contributed by atoms with Gasteiger partial charge in [-0.05, 0) is 0 Å². The third-order valence-corrected chi connectivity index (χ3v) is 2.51. The van der Waals surface area contributed by atoms with Crippen molar-refractivity contribution in [2.24, 2.45) is 0 Å². The number of carboxylic acids is 6. The number of aliphatic carboxylic acids is 6. The number of carbonyl (C=O) groups excluding carboxylic acids is 6. The van der Waals surface area contributed by atoms with E-state index in [1.54, 1.807) is 0 Å². The quantitative estimate of drug-likeness (QED) is 0.243. The SMILES string of the molecule is O=C([O-])CC(O)(CC(=O)[O-])C(=O)[O-].O=C([O-])CC(O)(CC(=O)[O-])C(=O)[O-].[Ca+2].[Ca+2].[Ca+2].[Ca+2].[H-].[H-]. The van der Waals surface area contributed by atoms with Crippen LogP contribution in [0.2, 0.25) is 0 Å². The van der Waals surface area contributed by atoms with E-state index in [-0.39, 0.29) is 154 Å². The first-order valence-corrected chi connectivity index (χ1v) is 6.23. The predicted molar refractivity (Wildman–Crippen MR) is 83.6 cm³/mol. The van der Waals surface area contributed by atoms with Crippen molar-refractivity contribution >= 4 is 187 Å². The van der Waals surface area contributed by atoms with Gasteiger partial charge in [-0.25, -0.2) is 0 Å². The topological polar surface area (TPSA) is 281 Å². The molecule has 0 radical (unpaired) electrons. The predicted octanol–water partition coefficient (Wildman–Crippen LogP) is -11.8. The first kappa shape index (κ1) is 45.3. The third kappa shape index (κ3) is 21.6. The molecule has 0 heterocycles. The first-order valence-electron chi connectivity index (χ1n) is 6.23. The van der Waals surface area contributed by atoms with Crippen LogP contribution in [0.3, 0.4) is 0 Å². The fraction of sp³-hybridized carbons (Fsp3) is 0.500. The van der Waals surface area contributed by atoms with Gasteiger partial charge in [0.15, 0.2) is 0 Å². The molecule has 0 amide bonds. The molecule has 0 unspecified atom stereocenters. The molecule has 30 heavy (non-hydrogen) atoms. The van der Waals surface area contributed by atoms with E-state index in [4.69, 9.17) is 10.2 Å². The van der Waals surface area contributed by atoms with Crippen molar-refractivity contribution in [1.82, 2.24) is 0 Å². The zero-order valence-electron chi connectivity index (χ0n) is 17.5. The van der Waals surface area contributed by atoms with Crippen LogP contribution in [0.4, 0.5) is 0 Å². The fourth-order valence-electron chi connectivity index (χ4n) is 1.37. The van der Waals surface area contributed by atoms with E-state index < -0.39 is 72.7 Å². The Bertz CT molecular complexity index is 535. The van der Waals surface area contributed by atoms with Crippen molar-refractivity contribution in [2.45, 2.75) is 36.9 Å². The molecule has 0 atom stereocenters. The van der Waals surface area contributed by atoms with Crippen LogP contribution in [0.1, 0.15) is 28.5 Å². The molecule has 18 heteroatoms. The maximum absolute atomic E-state index is 10.1. The van der Waals surface area contributed by atoms with Gasteiger partial charge in [0.05, 0.1) is 11.9 Å². The van der Waals surface area contributed by atoms with E-state index in [0.29, 0.717) is 0 Å². The summed E-state index contributed by atoms with van der Waals surface area (Å²) in [6.45, 7) is 0. The van der Waals surface area contributed by atoms with Gasteiger partial charge in [0.25, 0.3) is 0 Å². The van der Waals surface area contributed by atoms with Gasteiger partial charge >= 0.3 is 151 Å². The number of carboxylic acid groups (broad SMARTS) is 6. The zero-order chi connectivity index (χ0) is 21.3. The molecule has 0 saturated carbocycles. The van der Waals surface area contributed by atoms with Gasteiger partial charge in [-0.1, -0.05) is 0 Å². The second-order valence-electron chi connectivity index (χ2n) is 4.83. The molecule has 14 nitrogen and oxygen atoms in total. The van der Waals surface area contributed by atoms with Gasteiger partial charge in [-0.3, -0.25) is 0 Å². The standard InChI is InChI=1S/2C6H8O7.4Ca.2H/c2*7-3(8)1-6(13,5(11)12)2-4(9)10;;;;;;/h2*13H,1-2H2,(H,7,8)(H,9,10)(H,11,12);;;;;;/q;;4*+2;2*-1/p-6. The van der Waals surface area contributed by atoms with Gasteiger partial charge in [-0.15, -0.1) is 0 Å². The smallest absolute Gasteiger partial charge is 1.00 e. The molecule has 0 rings (SSSR count). The summed E-state index contributed by atoms with van der Waals surface area (Å²) in [6.07, 6.45) is -5.43. The monoisotopic (exact) mass is 540 g/mol. The van der Waals surface area contributed by atoms with Crippen LogP contribution in [-0.4, -0.2) is 208 Å². The van der Waals surface area contributed by atoms with Crippen molar-refractivity contribution in [3.05, 3.63) is 0 Å². The van der Waals surface area contributed by atoms with Crippen LogP contribution in [0.15, 0.2) is 0 Å². The summed E-state index contributed by atoms with van der Waals surface area (Å²) in [5.41, 5.74) is -5.95. The molecule has 0 aliphatic rings. The normalized spacial score (nSPS) is 9.40. The van der Waals surface area contributed by atoms with Gasteiger partial charge in [0.2, 0.25) is 0 Å². The van der Waals surface area contributed by atoms with Crippen LogP contribution < -0.4 is 30.6 Å². The maximum atomic E-state index is 10.1. The second kappa shape index (κ2) is 21.3. The van der Waals surface area contributed by atoms with E-state index >= 15 is 0 Å². The molecule has 152 valence electrons. The van der Waals surface area contributed by atoms with E-state index in [1.807, 2.05) is 0 Å². The average molecular weight is 541 g/mol. The van der Waals surface area contributed by atoms with Crippen molar-refractivity contribution < 1.29 is 72.5 Å². The van der Waals surface area contributed by atoms with E-state index in [0.717, 1.165) is 0 Å². The fourth-order valence-corrected chi connectivity index (χ4v) is 1.37. The van der Waals surface area contributed by atoms with Crippen molar-refractivity contribution in [3.63, 3.8) is 0 Å². The summed E-state index contributed by atoms with van der Waals surface area (Å²) in [4.78, 5) is 60.0. The Morgan fingerprint density at radius 3 is 0.700 bits per heavy atom. The van der Waals surface area contributed by atoms with Crippen LogP contribution in [-0.2, 0) is 28.8 Å². The summed E-state index contributed by atoms with van der Waals surface area (Å²) in [6, 6.07) is 0. The molecule has 2 N–H and O–H groups in total. The molecule has 0 fully saturated rings. The molecule has 0 bridgehead atoms. The Morgan fingerprint density at radius 1 is 0.500 bits per heavy atom. The Labute approximate surface area is 291 Å². The summed E-state index contributed by atoms with van der Waals surface area (Å²) < 4.78 is 0. The molecule has 0 aromatic carbocycles. The molecule has 0 aliphatic carbocycles. The number of hydrogen-bond acceptors (Lipinski definition) is 14. The van der Waals surface area contributed by atoms with Gasteiger partial charge in [0, 0.05) is 49.6 Å². The number of carbonyl (C=O) groups is 6. The van der Waals surface area contributed by atoms with Gasteiger partial charge in [0.1, 0.15) is 11.2 Å². The Balaban J connectivity index is -0.0000000505. The molecule has 0 aliphatic heterocycles. The summed E-state index contributed by atoms with van der Waals surface area (Å²) in [5, 5.41) is 77.9. The van der Waals surface area contributed by atoms with Gasteiger partial charge in [-0.2, -0.15) is 0 Å².